The fourth-order valence-corrected chi connectivity index (χ4v) is 4.21. The molecule has 0 N–H and O–H groups in total. The van der Waals surface area contributed by atoms with Crippen LogP contribution < -0.4 is 0 Å². The van der Waals surface area contributed by atoms with Crippen molar-refractivity contribution in [2.75, 3.05) is 0 Å². The number of aryl methyl sites for hydroxylation is 1. The van der Waals surface area contributed by atoms with E-state index < -0.39 is 8.32 Å². The van der Waals surface area contributed by atoms with Crippen molar-refractivity contribution < 1.29 is 9.22 Å². The second-order valence-electron chi connectivity index (χ2n) is 8.54. The molecule has 1 aromatic carbocycles. The van der Waals surface area contributed by atoms with Gasteiger partial charge in [0.05, 0.1) is 6.61 Å². The average Bonchev–Trinajstić information content (AvgIpc) is 2.42. The summed E-state index contributed by atoms with van der Waals surface area (Å²) in [4.78, 5) is 11.6. The van der Waals surface area contributed by atoms with Gasteiger partial charge in [-0.2, -0.15) is 0 Å². The second kappa shape index (κ2) is 7.75. The van der Waals surface area contributed by atoms with E-state index in [-0.39, 0.29) is 14.9 Å². The number of carbonyl (C=O) groups is 1. The molecule has 0 aliphatic carbocycles. The molecule has 0 spiro atoms. The summed E-state index contributed by atoms with van der Waals surface area (Å²) in [5.74, 6) is 0. The third-order valence-corrected chi connectivity index (χ3v) is 10.5. The summed E-state index contributed by atoms with van der Waals surface area (Å²) in [6.07, 6.45) is 0.988. The number of hydrogen-bond donors (Lipinski definition) is 0. The van der Waals surface area contributed by atoms with Crippen LogP contribution in [0, 0.1) is 0 Å². The van der Waals surface area contributed by atoms with Crippen LogP contribution in [-0.2, 0) is 27.0 Å². The lowest BCUT2D eigenvalue weighted by Crippen LogP contribution is -2.40. The van der Waals surface area contributed by atoms with E-state index in [1.165, 1.54) is 28.5 Å². The van der Waals surface area contributed by atoms with Gasteiger partial charge in [0, 0.05) is 11.7 Å². The van der Waals surface area contributed by atoms with Crippen LogP contribution in [0.3, 0.4) is 0 Å². The zero-order valence-electron chi connectivity index (χ0n) is 16.9. The maximum Gasteiger partial charge on any atom is 0.192 e. The maximum absolute atomic E-state index is 11.6. The Kier molecular flexibility index (Phi) is 6.93. The first kappa shape index (κ1) is 21.5. The summed E-state index contributed by atoms with van der Waals surface area (Å²) in [6.45, 7) is 20.1. The monoisotopic (exact) mass is 366 g/mol. The molecule has 0 saturated carbocycles. The minimum atomic E-state index is -1.76. The molecular weight excluding hydrogens is 332 g/mol. The Balaban J connectivity index is 3.09. The standard InChI is InChI=1S/C20H34O2SSi/c1-10-16-11-17(14-22-24(8,9)19(3,4)5)13-18(12-16)20(6,7)23-15(2)21/h11-13H,10,14H2,1-9H3. The molecule has 4 heteroatoms. The van der Waals surface area contributed by atoms with Gasteiger partial charge in [-0.25, -0.2) is 0 Å². The molecule has 0 bridgehead atoms. The van der Waals surface area contributed by atoms with Gasteiger partial charge in [0.2, 0.25) is 0 Å². The van der Waals surface area contributed by atoms with E-state index in [0.29, 0.717) is 6.61 Å². The van der Waals surface area contributed by atoms with Crippen LogP contribution >= 0.6 is 11.8 Å². The molecule has 2 nitrogen and oxygen atoms in total. The van der Waals surface area contributed by atoms with Crippen LogP contribution in [-0.4, -0.2) is 13.4 Å². The van der Waals surface area contributed by atoms with Gasteiger partial charge in [-0.15, -0.1) is 0 Å². The van der Waals surface area contributed by atoms with Gasteiger partial charge in [-0.1, -0.05) is 57.7 Å². The van der Waals surface area contributed by atoms with Crippen molar-refractivity contribution in [2.24, 2.45) is 0 Å². The first-order valence-corrected chi connectivity index (χ1v) is 12.5. The largest absolute Gasteiger partial charge is 0.413 e. The van der Waals surface area contributed by atoms with Gasteiger partial charge in [0.15, 0.2) is 13.4 Å². The number of carbonyl (C=O) groups excluding carboxylic acids is 1. The Labute approximate surface area is 153 Å². The van der Waals surface area contributed by atoms with Gasteiger partial charge < -0.3 is 4.43 Å². The fourth-order valence-electron chi connectivity index (χ4n) is 2.30. The van der Waals surface area contributed by atoms with Crippen molar-refractivity contribution in [1.29, 1.82) is 0 Å². The van der Waals surface area contributed by atoms with Crippen molar-refractivity contribution in [3.05, 3.63) is 34.9 Å². The Bertz CT molecular complexity index is 586. The normalized spacial score (nSPS) is 13.2. The predicted octanol–water partition coefficient (Wildman–Crippen LogP) is 6.29. The minimum absolute atomic E-state index is 0.154. The summed E-state index contributed by atoms with van der Waals surface area (Å²) < 4.78 is 6.17. The van der Waals surface area contributed by atoms with Crippen molar-refractivity contribution in [3.8, 4) is 0 Å². The summed E-state index contributed by atoms with van der Waals surface area (Å²) in [6, 6.07) is 6.68. The van der Waals surface area contributed by atoms with Crippen LogP contribution in [0.1, 0.15) is 65.2 Å². The molecule has 0 heterocycles. The molecule has 0 aromatic heterocycles. The third kappa shape index (κ3) is 5.75. The third-order valence-electron chi connectivity index (χ3n) is 4.96. The topological polar surface area (TPSA) is 26.3 Å². The lowest BCUT2D eigenvalue weighted by molar-refractivity contribution is -0.109. The molecule has 1 aromatic rings. The minimum Gasteiger partial charge on any atom is -0.413 e. The van der Waals surface area contributed by atoms with E-state index in [2.05, 4.69) is 72.8 Å². The van der Waals surface area contributed by atoms with E-state index >= 15 is 0 Å². The quantitative estimate of drug-likeness (QED) is 0.554. The molecule has 1 rings (SSSR count). The van der Waals surface area contributed by atoms with E-state index in [0.717, 1.165) is 6.42 Å². The van der Waals surface area contributed by atoms with Crippen LogP contribution in [0.5, 0.6) is 0 Å². The molecule has 136 valence electrons. The van der Waals surface area contributed by atoms with Crippen molar-refractivity contribution in [3.63, 3.8) is 0 Å². The average molecular weight is 367 g/mol. The van der Waals surface area contributed by atoms with E-state index in [4.69, 9.17) is 4.43 Å². The fraction of sp³-hybridized carbons (Fsp3) is 0.650. The van der Waals surface area contributed by atoms with E-state index in [1.54, 1.807) is 6.92 Å². The lowest BCUT2D eigenvalue weighted by Gasteiger charge is -2.36. The van der Waals surface area contributed by atoms with Crippen molar-refractivity contribution in [2.45, 2.75) is 84.4 Å². The highest BCUT2D eigenvalue weighted by Crippen LogP contribution is 2.39. The second-order valence-corrected chi connectivity index (χ2v) is 15.2. The van der Waals surface area contributed by atoms with Crippen LogP contribution in [0.4, 0.5) is 0 Å². The Morgan fingerprint density at radius 1 is 1.08 bits per heavy atom. The number of hydrogen-bond acceptors (Lipinski definition) is 3. The number of benzene rings is 1. The highest BCUT2D eigenvalue weighted by molar-refractivity contribution is 8.14. The molecule has 24 heavy (non-hydrogen) atoms. The first-order chi connectivity index (χ1) is 10.8. The van der Waals surface area contributed by atoms with Gasteiger partial charge >= 0.3 is 0 Å². The van der Waals surface area contributed by atoms with Crippen LogP contribution in [0.25, 0.3) is 0 Å². The van der Waals surface area contributed by atoms with Crippen LogP contribution in [0.15, 0.2) is 18.2 Å². The van der Waals surface area contributed by atoms with Crippen molar-refractivity contribution >= 4 is 25.2 Å². The number of rotatable bonds is 6. The van der Waals surface area contributed by atoms with Gasteiger partial charge in [-0.3, -0.25) is 4.79 Å². The summed E-state index contributed by atoms with van der Waals surface area (Å²) in [5.41, 5.74) is 3.72. The van der Waals surface area contributed by atoms with Crippen LogP contribution in [0.2, 0.25) is 18.1 Å². The lowest BCUT2D eigenvalue weighted by atomic mass is 9.96. The number of thioether (sulfide) groups is 1. The SMILES string of the molecule is CCc1cc(CO[Si](C)(C)C(C)(C)C)cc(C(C)(C)SC(C)=O)c1. The van der Waals surface area contributed by atoms with Gasteiger partial charge in [0.1, 0.15) is 0 Å². The molecule has 0 fully saturated rings. The molecular formula is C20H34O2SSi. The Morgan fingerprint density at radius 3 is 2.08 bits per heavy atom. The van der Waals surface area contributed by atoms with Gasteiger partial charge in [0.25, 0.3) is 0 Å². The van der Waals surface area contributed by atoms with Gasteiger partial charge in [-0.05, 0) is 55.1 Å². The Morgan fingerprint density at radius 2 is 1.62 bits per heavy atom. The zero-order chi connectivity index (χ0) is 18.8. The Hall–Kier alpha value is -0.583. The first-order valence-electron chi connectivity index (χ1n) is 8.75. The molecule has 0 amide bonds. The summed E-state index contributed by atoms with van der Waals surface area (Å²) >= 11 is 1.39. The smallest absolute Gasteiger partial charge is 0.192 e. The molecule has 0 unspecified atom stereocenters. The summed E-state index contributed by atoms with van der Waals surface area (Å²) in [5, 5.41) is 0.364. The molecule has 0 radical (unpaired) electrons. The zero-order valence-corrected chi connectivity index (χ0v) is 18.7. The van der Waals surface area contributed by atoms with Crippen molar-refractivity contribution in [1.82, 2.24) is 0 Å². The molecule has 0 atom stereocenters. The van der Waals surface area contributed by atoms with E-state index in [1.807, 2.05) is 0 Å². The molecule has 0 saturated heterocycles. The maximum atomic E-state index is 11.6. The highest BCUT2D eigenvalue weighted by Gasteiger charge is 2.37. The predicted molar refractivity (Wildman–Crippen MR) is 109 cm³/mol. The molecule has 0 aliphatic rings. The highest BCUT2D eigenvalue weighted by atomic mass is 32.2. The van der Waals surface area contributed by atoms with E-state index in [9.17, 15) is 4.79 Å². The summed E-state index contributed by atoms with van der Waals surface area (Å²) in [7, 11) is -1.76. The molecule has 0 aliphatic heterocycles.